The zero-order valence-corrected chi connectivity index (χ0v) is 13.2. The van der Waals surface area contributed by atoms with Crippen molar-refractivity contribution in [1.82, 2.24) is 4.98 Å². The summed E-state index contributed by atoms with van der Waals surface area (Å²) in [7, 11) is 0. The molecule has 0 unspecified atom stereocenters. The molecule has 3 rings (SSSR count). The summed E-state index contributed by atoms with van der Waals surface area (Å²) in [5, 5.41) is 9.14. The van der Waals surface area contributed by atoms with Crippen LogP contribution in [0.4, 0.5) is 5.13 Å². The largest absolute Gasteiger partial charge is 0.253 e. The van der Waals surface area contributed by atoms with Gasteiger partial charge in [-0.25, -0.2) is 4.98 Å². The smallest absolute Gasteiger partial charge is 0.203 e. The van der Waals surface area contributed by atoms with Gasteiger partial charge in [0.25, 0.3) is 0 Å². The van der Waals surface area contributed by atoms with Crippen molar-refractivity contribution in [2.45, 2.75) is 13.3 Å². The molecule has 0 spiro atoms. The van der Waals surface area contributed by atoms with Crippen LogP contribution in [0.25, 0.3) is 10.6 Å². The number of aryl methyl sites for hydroxylation is 1. The summed E-state index contributed by atoms with van der Waals surface area (Å²) >= 11 is 3.25. The van der Waals surface area contributed by atoms with Crippen LogP contribution in [0.2, 0.25) is 0 Å². The highest BCUT2D eigenvalue weighted by Gasteiger charge is 2.04. The van der Waals surface area contributed by atoms with Gasteiger partial charge in [-0.2, -0.15) is 5.10 Å². The van der Waals surface area contributed by atoms with Crippen LogP contribution >= 0.6 is 22.7 Å². The zero-order valence-electron chi connectivity index (χ0n) is 11.6. The zero-order chi connectivity index (χ0) is 14.5. The van der Waals surface area contributed by atoms with Gasteiger partial charge < -0.3 is 0 Å². The third-order valence-electron chi connectivity index (χ3n) is 3.04. The molecule has 3 nitrogen and oxygen atoms in total. The Hall–Kier alpha value is -1.98. The molecule has 0 radical (unpaired) electrons. The number of hydrazone groups is 1. The molecule has 0 bridgehead atoms. The van der Waals surface area contributed by atoms with E-state index in [1.807, 2.05) is 17.7 Å². The molecule has 1 aromatic carbocycles. The van der Waals surface area contributed by atoms with E-state index >= 15 is 0 Å². The maximum absolute atomic E-state index is 4.52. The van der Waals surface area contributed by atoms with Gasteiger partial charge in [0.2, 0.25) is 5.13 Å². The van der Waals surface area contributed by atoms with Crippen molar-refractivity contribution in [3.63, 3.8) is 0 Å². The van der Waals surface area contributed by atoms with Crippen LogP contribution in [0, 0.1) is 0 Å². The quantitative estimate of drug-likeness (QED) is 0.538. The van der Waals surface area contributed by atoms with Crippen molar-refractivity contribution in [1.29, 1.82) is 0 Å². The van der Waals surface area contributed by atoms with Gasteiger partial charge in [0, 0.05) is 5.38 Å². The molecule has 0 aliphatic carbocycles. The second-order valence-corrected chi connectivity index (χ2v) is 6.29. The lowest BCUT2D eigenvalue weighted by molar-refractivity contribution is 1.14. The first kappa shape index (κ1) is 14.0. The Morgan fingerprint density at radius 3 is 2.76 bits per heavy atom. The molecule has 0 atom stereocenters. The molecule has 0 fully saturated rings. The Kier molecular flexibility index (Phi) is 4.43. The molecule has 106 valence electrons. The third kappa shape index (κ3) is 3.56. The SMILES string of the molecule is CCc1ccc(/C=N\Nc2nc(-c3cccs3)cs2)cc1. The standard InChI is InChI=1S/C16H15N3S2/c1-2-12-5-7-13(8-6-12)10-17-19-16-18-14(11-21-16)15-4-3-9-20-15/h3-11H,2H2,1H3,(H,18,19)/b17-10-. The predicted octanol–water partition coefficient (Wildman–Crippen LogP) is 4.88. The van der Waals surface area contributed by atoms with Crippen molar-refractivity contribution in [3.8, 4) is 10.6 Å². The lowest BCUT2D eigenvalue weighted by Gasteiger charge is -1.97. The Labute approximate surface area is 132 Å². The van der Waals surface area contributed by atoms with Crippen LogP contribution in [0.3, 0.4) is 0 Å². The number of benzene rings is 1. The molecule has 0 aliphatic heterocycles. The predicted molar refractivity (Wildman–Crippen MR) is 92.5 cm³/mol. The number of thiophene rings is 1. The number of nitrogens with zero attached hydrogens (tertiary/aromatic N) is 2. The summed E-state index contributed by atoms with van der Waals surface area (Å²) in [5.74, 6) is 0. The van der Waals surface area contributed by atoms with Gasteiger partial charge in [-0.05, 0) is 29.0 Å². The van der Waals surface area contributed by atoms with E-state index in [0.29, 0.717) is 0 Å². The van der Waals surface area contributed by atoms with Gasteiger partial charge in [-0.15, -0.1) is 22.7 Å². The maximum Gasteiger partial charge on any atom is 0.203 e. The average molecular weight is 313 g/mol. The molecule has 0 aliphatic rings. The number of thiazole rings is 1. The Bertz CT molecular complexity index is 712. The average Bonchev–Trinajstić information content (AvgIpc) is 3.19. The third-order valence-corrected chi connectivity index (χ3v) is 4.68. The van der Waals surface area contributed by atoms with Gasteiger partial charge >= 0.3 is 0 Å². The summed E-state index contributed by atoms with van der Waals surface area (Å²) in [5.41, 5.74) is 6.40. The summed E-state index contributed by atoms with van der Waals surface area (Å²) in [6.07, 6.45) is 2.87. The van der Waals surface area contributed by atoms with Crippen LogP contribution in [-0.4, -0.2) is 11.2 Å². The fraction of sp³-hybridized carbons (Fsp3) is 0.125. The van der Waals surface area contributed by atoms with E-state index in [2.05, 4.69) is 58.1 Å². The summed E-state index contributed by atoms with van der Waals surface area (Å²) in [4.78, 5) is 5.69. The van der Waals surface area contributed by atoms with Gasteiger partial charge in [-0.1, -0.05) is 37.3 Å². The minimum atomic E-state index is 0.805. The fourth-order valence-corrected chi connectivity index (χ4v) is 3.28. The van der Waals surface area contributed by atoms with E-state index in [4.69, 9.17) is 0 Å². The van der Waals surface area contributed by atoms with E-state index in [1.54, 1.807) is 22.7 Å². The molecular formula is C16H15N3S2. The maximum atomic E-state index is 4.52. The summed E-state index contributed by atoms with van der Waals surface area (Å²) in [6.45, 7) is 2.15. The monoisotopic (exact) mass is 313 g/mol. The van der Waals surface area contributed by atoms with Crippen molar-refractivity contribution >= 4 is 34.0 Å². The Morgan fingerprint density at radius 1 is 1.19 bits per heavy atom. The molecule has 1 N–H and O–H groups in total. The molecule has 3 aromatic rings. The second kappa shape index (κ2) is 6.65. The summed E-state index contributed by atoms with van der Waals surface area (Å²) in [6, 6.07) is 12.5. The minimum absolute atomic E-state index is 0.805. The number of rotatable bonds is 5. The number of hydrogen-bond donors (Lipinski definition) is 1. The number of anilines is 1. The molecule has 5 heteroatoms. The molecule has 21 heavy (non-hydrogen) atoms. The Morgan fingerprint density at radius 2 is 2.05 bits per heavy atom. The van der Waals surface area contributed by atoms with Gasteiger partial charge in [-0.3, -0.25) is 5.43 Å². The van der Waals surface area contributed by atoms with E-state index in [1.165, 1.54) is 10.4 Å². The van der Waals surface area contributed by atoms with Crippen LogP contribution in [-0.2, 0) is 6.42 Å². The lowest BCUT2D eigenvalue weighted by Crippen LogP contribution is -1.90. The van der Waals surface area contributed by atoms with Crippen LogP contribution in [0.1, 0.15) is 18.1 Å². The normalized spacial score (nSPS) is 11.1. The van der Waals surface area contributed by atoms with Gasteiger partial charge in [0.15, 0.2) is 0 Å². The van der Waals surface area contributed by atoms with Gasteiger partial charge in [0.05, 0.1) is 16.8 Å². The minimum Gasteiger partial charge on any atom is -0.253 e. The summed E-state index contributed by atoms with van der Waals surface area (Å²) < 4.78 is 0. The van der Waals surface area contributed by atoms with E-state index in [0.717, 1.165) is 22.8 Å². The second-order valence-electron chi connectivity index (χ2n) is 4.48. The molecule has 2 heterocycles. The highest BCUT2D eigenvalue weighted by atomic mass is 32.1. The van der Waals surface area contributed by atoms with E-state index in [9.17, 15) is 0 Å². The van der Waals surface area contributed by atoms with Crippen LogP contribution in [0.15, 0.2) is 52.3 Å². The van der Waals surface area contributed by atoms with Crippen molar-refractivity contribution in [2.75, 3.05) is 5.43 Å². The molecule has 0 saturated heterocycles. The molecule has 0 saturated carbocycles. The lowest BCUT2D eigenvalue weighted by atomic mass is 10.1. The number of hydrogen-bond acceptors (Lipinski definition) is 5. The highest BCUT2D eigenvalue weighted by Crippen LogP contribution is 2.28. The first-order valence-electron chi connectivity index (χ1n) is 6.72. The molecule has 2 aromatic heterocycles. The van der Waals surface area contributed by atoms with Crippen LogP contribution in [0.5, 0.6) is 0 Å². The number of aromatic nitrogens is 1. The van der Waals surface area contributed by atoms with Gasteiger partial charge in [0.1, 0.15) is 0 Å². The van der Waals surface area contributed by atoms with Crippen LogP contribution < -0.4 is 5.43 Å². The van der Waals surface area contributed by atoms with Crippen molar-refractivity contribution in [2.24, 2.45) is 5.10 Å². The molecule has 0 amide bonds. The molecular weight excluding hydrogens is 298 g/mol. The topological polar surface area (TPSA) is 37.3 Å². The van der Waals surface area contributed by atoms with E-state index < -0.39 is 0 Å². The van der Waals surface area contributed by atoms with Crippen molar-refractivity contribution in [3.05, 3.63) is 58.3 Å². The number of nitrogens with one attached hydrogen (secondary N) is 1. The Balaban J connectivity index is 1.63. The van der Waals surface area contributed by atoms with E-state index in [-0.39, 0.29) is 0 Å². The van der Waals surface area contributed by atoms with Crippen molar-refractivity contribution < 1.29 is 0 Å². The highest BCUT2D eigenvalue weighted by molar-refractivity contribution is 7.15. The first-order chi connectivity index (χ1) is 10.3. The first-order valence-corrected chi connectivity index (χ1v) is 8.48. The fourth-order valence-electron chi connectivity index (χ4n) is 1.86.